The fourth-order valence-corrected chi connectivity index (χ4v) is 3.18. The zero-order chi connectivity index (χ0) is 22.0. The molecule has 8 nitrogen and oxygen atoms in total. The van der Waals surface area contributed by atoms with Gasteiger partial charge in [0, 0.05) is 30.1 Å². The van der Waals surface area contributed by atoms with Crippen LogP contribution in [0.15, 0.2) is 58.2 Å². The van der Waals surface area contributed by atoms with Crippen molar-refractivity contribution in [1.82, 2.24) is 25.4 Å². The zero-order valence-corrected chi connectivity index (χ0v) is 17.4. The van der Waals surface area contributed by atoms with Gasteiger partial charge in [-0.1, -0.05) is 29.4 Å². The number of amides is 1. The molecule has 4 aromatic rings. The third-order valence-electron chi connectivity index (χ3n) is 5.03. The number of H-pyrrole nitrogens is 1. The lowest BCUT2D eigenvalue weighted by molar-refractivity contribution is 0.0949. The van der Waals surface area contributed by atoms with Crippen molar-refractivity contribution in [1.29, 1.82) is 0 Å². The lowest BCUT2D eigenvalue weighted by atomic mass is 10.0. The highest BCUT2D eigenvalue weighted by atomic mass is 16.5. The first-order valence-electron chi connectivity index (χ1n) is 9.74. The van der Waals surface area contributed by atoms with E-state index >= 15 is 0 Å². The van der Waals surface area contributed by atoms with Gasteiger partial charge in [-0.3, -0.25) is 9.59 Å². The number of aromatic nitrogens is 4. The third-order valence-corrected chi connectivity index (χ3v) is 5.03. The van der Waals surface area contributed by atoms with E-state index in [4.69, 9.17) is 4.52 Å². The summed E-state index contributed by atoms with van der Waals surface area (Å²) in [5.74, 6) is 0.190. The van der Waals surface area contributed by atoms with E-state index in [2.05, 4.69) is 25.4 Å². The van der Waals surface area contributed by atoms with Crippen LogP contribution < -0.4 is 10.9 Å². The van der Waals surface area contributed by atoms with Crippen molar-refractivity contribution >= 4 is 5.91 Å². The number of benzene rings is 1. The molecule has 0 aliphatic rings. The second-order valence-corrected chi connectivity index (χ2v) is 7.32. The number of nitrogens with zero attached hydrogens (tertiary/aromatic N) is 3. The Bertz CT molecular complexity index is 1310. The van der Waals surface area contributed by atoms with Gasteiger partial charge in [-0.25, -0.2) is 9.97 Å². The van der Waals surface area contributed by atoms with E-state index in [0.29, 0.717) is 12.3 Å². The van der Waals surface area contributed by atoms with Crippen molar-refractivity contribution in [2.75, 3.05) is 0 Å². The number of aromatic amines is 1. The molecule has 0 saturated carbocycles. The number of hydrogen-bond acceptors (Lipinski definition) is 6. The second kappa shape index (κ2) is 8.35. The molecule has 0 atom stereocenters. The van der Waals surface area contributed by atoms with Gasteiger partial charge >= 0.3 is 0 Å². The Hall–Kier alpha value is -4.07. The molecule has 3 heterocycles. The normalized spacial score (nSPS) is 10.8. The predicted molar refractivity (Wildman–Crippen MR) is 115 cm³/mol. The molecule has 0 fully saturated rings. The Morgan fingerprint density at radius 3 is 2.61 bits per heavy atom. The molecule has 3 aromatic heterocycles. The average Bonchev–Trinajstić information content (AvgIpc) is 3.21. The van der Waals surface area contributed by atoms with Gasteiger partial charge in [0.15, 0.2) is 5.76 Å². The second-order valence-electron chi connectivity index (χ2n) is 7.32. The number of hydrogen-bond donors (Lipinski definition) is 2. The minimum atomic E-state index is -0.410. The molecule has 0 aliphatic carbocycles. The monoisotopic (exact) mass is 415 g/mol. The van der Waals surface area contributed by atoms with Gasteiger partial charge in [-0.05, 0) is 38.0 Å². The van der Waals surface area contributed by atoms with E-state index in [0.717, 1.165) is 39.3 Å². The van der Waals surface area contributed by atoms with Crippen molar-refractivity contribution < 1.29 is 9.32 Å². The minimum Gasteiger partial charge on any atom is -0.356 e. The number of carbonyl (C=O) groups is 1. The Labute approximate surface area is 178 Å². The lowest BCUT2D eigenvalue weighted by Gasteiger charge is -2.09. The zero-order valence-electron chi connectivity index (χ0n) is 17.4. The molecule has 4 rings (SSSR count). The summed E-state index contributed by atoms with van der Waals surface area (Å²) in [5.41, 5.74) is 5.34. The third kappa shape index (κ3) is 4.28. The van der Waals surface area contributed by atoms with Crippen LogP contribution in [0.4, 0.5) is 0 Å². The van der Waals surface area contributed by atoms with Crippen molar-refractivity contribution in [3.63, 3.8) is 0 Å². The number of nitrogens with one attached hydrogen (secondary N) is 2. The number of pyridine rings is 1. The van der Waals surface area contributed by atoms with E-state index < -0.39 is 11.5 Å². The molecule has 1 aromatic carbocycles. The van der Waals surface area contributed by atoms with Crippen LogP contribution in [-0.2, 0) is 6.54 Å². The van der Waals surface area contributed by atoms with Crippen LogP contribution in [0.1, 0.15) is 32.9 Å². The van der Waals surface area contributed by atoms with E-state index in [1.807, 2.05) is 44.2 Å². The quantitative estimate of drug-likeness (QED) is 0.517. The Morgan fingerprint density at radius 2 is 1.90 bits per heavy atom. The molecule has 8 heteroatoms. The summed E-state index contributed by atoms with van der Waals surface area (Å²) in [5, 5.41) is 6.72. The Kier molecular flexibility index (Phi) is 5.44. The largest absolute Gasteiger partial charge is 0.356 e. The highest BCUT2D eigenvalue weighted by Gasteiger charge is 2.14. The molecule has 0 radical (unpaired) electrons. The Morgan fingerprint density at radius 1 is 1.13 bits per heavy atom. The first-order chi connectivity index (χ1) is 14.9. The van der Waals surface area contributed by atoms with Gasteiger partial charge in [0.25, 0.3) is 11.5 Å². The summed E-state index contributed by atoms with van der Waals surface area (Å²) < 4.78 is 5.36. The molecule has 31 heavy (non-hydrogen) atoms. The maximum Gasteiger partial charge on any atom is 0.261 e. The van der Waals surface area contributed by atoms with Gasteiger partial charge in [0.1, 0.15) is 11.9 Å². The first kappa shape index (κ1) is 20.2. The van der Waals surface area contributed by atoms with Crippen LogP contribution in [0.5, 0.6) is 0 Å². The summed E-state index contributed by atoms with van der Waals surface area (Å²) in [7, 11) is 0. The van der Waals surface area contributed by atoms with Crippen molar-refractivity contribution in [3.8, 4) is 22.6 Å². The lowest BCUT2D eigenvalue weighted by Crippen LogP contribution is -2.29. The van der Waals surface area contributed by atoms with E-state index in [-0.39, 0.29) is 5.56 Å². The molecule has 1 amide bonds. The molecule has 0 spiro atoms. The minimum absolute atomic E-state index is 0.104. The predicted octanol–water partition coefficient (Wildman–Crippen LogP) is 3.34. The maximum absolute atomic E-state index is 12.4. The van der Waals surface area contributed by atoms with Gasteiger partial charge in [0.2, 0.25) is 0 Å². The summed E-state index contributed by atoms with van der Waals surface area (Å²) >= 11 is 0. The Balaban J connectivity index is 1.51. The van der Waals surface area contributed by atoms with E-state index in [1.54, 1.807) is 19.2 Å². The van der Waals surface area contributed by atoms with Gasteiger partial charge in [-0.15, -0.1) is 0 Å². The highest BCUT2D eigenvalue weighted by molar-refractivity contribution is 5.94. The van der Waals surface area contributed by atoms with Crippen molar-refractivity contribution in [3.05, 3.63) is 87.4 Å². The topological polar surface area (TPSA) is 114 Å². The first-order valence-corrected chi connectivity index (χ1v) is 9.74. The SMILES string of the molecule is Cc1cc(-c2cncnc2-c2ccc(CNC(=O)c3cc(C)c(C)[nH]c3=O)cc2)on1. The average molecular weight is 415 g/mol. The van der Waals surface area contributed by atoms with Crippen molar-refractivity contribution in [2.45, 2.75) is 27.3 Å². The summed E-state index contributed by atoms with van der Waals surface area (Å²) in [6.45, 7) is 5.80. The molecule has 0 unspecified atom stereocenters. The molecular weight excluding hydrogens is 394 g/mol. The molecule has 156 valence electrons. The fraction of sp³-hybridized carbons (Fsp3) is 0.174. The van der Waals surface area contributed by atoms with Crippen LogP contribution in [-0.4, -0.2) is 26.0 Å². The smallest absolute Gasteiger partial charge is 0.261 e. The fourth-order valence-electron chi connectivity index (χ4n) is 3.18. The standard InChI is InChI=1S/C23H21N5O3/c1-13-8-18(23(30)27-15(13)3)22(29)25-10-16-4-6-17(7-5-16)21-19(11-24-12-26-21)20-9-14(2)28-31-20/h4-9,11-12H,10H2,1-3H3,(H,25,29)(H,27,30). The van der Waals surface area contributed by atoms with E-state index in [9.17, 15) is 9.59 Å². The molecule has 0 saturated heterocycles. The number of carbonyl (C=O) groups excluding carboxylic acids is 1. The van der Waals surface area contributed by atoms with Crippen LogP contribution in [0.25, 0.3) is 22.6 Å². The summed E-state index contributed by atoms with van der Waals surface area (Å²) in [4.78, 5) is 35.7. The number of rotatable bonds is 5. The molecular formula is C23H21N5O3. The number of aryl methyl sites for hydroxylation is 3. The molecule has 0 aliphatic heterocycles. The molecule has 0 bridgehead atoms. The maximum atomic E-state index is 12.4. The van der Waals surface area contributed by atoms with Gasteiger partial charge in [-0.2, -0.15) is 0 Å². The summed E-state index contributed by atoms with van der Waals surface area (Å²) in [6, 6.07) is 11.1. The van der Waals surface area contributed by atoms with Crippen molar-refractivity contribution in [2.24, 2.45) is 0 Å². The van der Waals surface area contributed by atoms with E-state index in [1.165, 1.54) is 6.33 Å². The van der Waals surface area contributed by atoms with Crippen LogP contribution in [0.3, 0.4) is 0 Å². The summed E-state index contributed by atoms with van der Waals surface area (Å²) in [6.07, 6.45) is 3.18. The van der Waals surface area contributed by atoms with Crippen LogP contribution >= 0.6 is 0 Å². The van der Waals surface area contributed by atoms with Crippen LogP contribution in [0, 0.1) is 20.8 Å². The van der Waals surface area contributed by atoms with Gasteiger partial charge < -0.3 is 14.8 Å². The molecule has 2 N–H and O–H groups in total. The highest BCUT2D eigenvalue weighted by Crippen LogP contribution is 2.30. The van der Waals surface area contributed by atoms with Crippen LogP contribution in [0.2, 0.25) is 0 Å². The van der Waals surface area contributed by atoms with Gasteiger partial charge in [0.05, 0.1) is 17.0 Å².